The standard InChI is InChI=1S/C16H21BrN2O2/c1-19-8-9(7-18)6-12(19)13-10-2-4-21-16(10)14(17)11-3-5-20-15(11)13/h9,12H,2-8,18H2,1H3. The molecule has 4 nitrogen and oxygen atoms in total. The van der Waals surface area contributed by atoms with E-state index >= 15 is 0 Å². The molecule has 0 amide bonds. The second-order valence-electron chi connectivity index (χ2n) is 6.33. The van der Waals surface area contributed by atoms with Crippen molar-refractivity contribution in [3.63, 3.8) is 0 Å². The van der Waals surface area contributed by atoms with Gasteiger partial charge in [-0.1, -0.05) is 0 Å². The second-order valence-corrected chi connectivity index (χ2v) is 7.13. The molecule has 3 aliphatic heterocycles. The number of nitrogens with zero attached hydrogens (tertiary/aromatic N) is 1. The summed E-state index contributed by atoms with van der Waals surface area (Å²) in [6.07, 6.45) is 3.07. The molecule has 3 heterocycles. The number of rotatable bonds is 2. The largest absolute Gasteiger partial charge is 0.493 e. The Bertz CT molecular complexity index is 555. The molecule has 1 fully saturated rings. The normalized spacial score (nSPS) is 27.4. The van der Waals surface area contributed by atoms with Gasteiger partial charge in [0.25, 0.3) is 0 Å². The van der Waals surface area contributed by atoms with Crippen LogP contribution in [0.4, 0.5) is 0 Å². The monoisotopic (exact) mass is 352 g/mol. The highest BCUT2D eigenvalue weighted by atomic mass is 79.9. The summed E-state index contributed by atoms with van der Waals surface area (Å²) >= 11 is 3.73. The molecule has 0 saturated carbocycles. The van der Waals surface area contributed by atoms with E-state index in [1.54, 1.807) is 0 Å². The minimum atomic E-state index is 0.411. The number of nitrogens with two attached hydrogens (primary N) is 1. The Balaban J connectivity index is 1.86. The molecular weight excluding hydrogens is 332 g/mol. The van der Waals surface area contributed by atoms with Gasteiger partial charge in [0, 0.05) is 42.1 Å². The van der Waals surface area contributed by atoms with E-state index in [0.717, 1.165) is 61.5 Å². The van der Waals surface area contributed by atoms with Gasteiger partial charge in [-0.05, 0) is 41.9 Å². The first-order chi connectivity index (χ1) is 10.2. The molecule has 0 bridgehead atoms. The fourth-order valence-corrected chi connectivity index (χ4v) is 4.79. The third kappa shape index (κ3) is 2.01. The van der Waals surface area contributed by atoms with E-state index in [1.807, 2.05) is 0 Å². The number of benzene rings is 1. The first-order valence-corrected chi connectivity index (χ1v) is 8.53. The van der Waals surface area contributed by atoms with Crippen molar-refractivity contribution in [1.29, 1.82) is 0 Å². The summed E-state index contributed by atoms with van der Waals surface area (Å²) in [7, 11) is 2.20. The fourth-order valence-electron chi connectivity index (χ4n) is 4.05. The van der Waals surface area contributed by atoms with E-state index in [0.29, 0.717) is 12.0 Å². The lowest BCUT2D eigenvalue weighted by molar-refractivity contribution is 0.296. The van der Waals surface area contributed by atoms with Crippen LogP contribution in [0.3, 0.4) is 0 Å². The molecule has 1 saturated heterocycles. The summed E-state index contributed by atoms with van der Waals surface area (Å²) in [6, 6.07) is 0.411. The molecule has 5 heteroatoms. The Morgan fingerprint density at radius 3 is 2.62 bits per heavy atom. The Hall–Kier alpha value is -0.780. The van der Waals surface area contributed by atoms with Crippen molar-refractivity contribution in [2.24, 2.45) is 11.7 Å². The molecule has 1 aromatic carbocycles. The molecule has 1 aromatic rings. The van der Waals surface area contributed by atoms with Gasteiger partial charge in [-0.15, -0.1) is 0 Å². The first kappa shape index (κ1) is 13.9. The summed E-state index contributed by atoms with van der Waals surface area (Å²) in [5.74, 6) is 2.75. The van der Waals surface area contributed by atoms with E-state index in [2.05, 4.69) is 27.9 Å². The SMILES string of the molecule is CN1CC(CN)CC1c1c2c(c(Br)c3c1OCC3)OCC2. The smallest absolute Gasteiger partial charge is 0.137 e. The van der Waals surface area contributed by atoms with Crippen LogP contribution in [0.15, 0.2) is 4.47 Å². The molecular formula is C16H21BrN2O2. The molecule has 0 radical (unpaired) electrons. The minimum Gasteiger partial charge on any atom is -0.493 e. The summed E-state index contributed by atoms with van der Waals surface area (Å²) in [4.78, 5) is 2.43. The Kier molecular flexibility index (Phi) is 3.39. The predicted octanol–water partition coefficient (Wildman–Crippen LogP) is 2.27. The lowest BCUT2D eigenvalue weighted by Crippen LogP contribution is -2.21. The maximum absolute atomic E-state index is 6.02. The number of hydrogen-bond acceptors (Lipinski definition) is 4. The molecule has 2 atom stereocenters. The molecule has 2 unspecified atom stereocenters. The van der Waals surface area contributed by atoms with Crippen LogP contribution >= 0.6 is 15.9 Å². The van der Waals surface area contributed by atoms with Crippen molar-refractivity contribution in [3.05, 3.63) is 21.2 Å². The molecule has 0 aromatic heterocycles. The number of ether oxygens (including phenoxy) is 2. The maximum Gasteiger partial charge on any atom is 0.137 e. The predicted molar refractivity (Wildman–Crippen MR) is 85.1 cm³/mol. The fraction of sp³-hybridized carbons (Fsp3) is 0.625. The topological polar surface area (TPSA) is 47.7 Å². The van der Waals surface area contributed by atoms with Crippen LogP contribution in [0.1, 0.15) is 29.2 Å². The third-order valence-electron chi connectivity index (χ3n) is 5.08. The number of fused-ring (bicyclic) bond motifs is 2. The van der Waals surface area contributed by atoms with E-state index in [4.69, 9.17) is 15.2 Å². The van der Waals surface area contributed by atoms with E-state index in [-0.39, 0.29) is 0 Å². The highest BCUT2D eigenvalue weighted by Crippen LogP contribution is 2.52. The zero-order chi connectivity index (χ0) is 14.6. The Morgan fingerprint density at radius 2 is 1.90 bits per heavy atom. The summed E-state index contributed by atoms with van der Waals surface area (Å²) in [6.45, 7) is 3.39. The Labute approximate surface area is 133 Å². The van der Waals surface area contributed by atoms with Crippen molar-refractivity contribution < 1.29 is 9.47 Å². The summed E-state index contributed by atoms with van der Waals surface area (Å²) < 4.78 is 13.0. The summed E-state index contributed by atoms with van der Waals surface area (Å²) in [5, 5.41) is 0. The number of likely N-dealkylation sites (tertiary alicyclic amines) is 1. The van der Waals surface area contributed by atoms with Gasteiger partial charge in [0.2, 0.25) is 0 Å². The minimum absolute atomic E-state index is 0.411. The van der Waals surface area contributed by atoms with Gasteiger partial charge < -0.3 is 15.2 Å². The van der Waals surface area contributed by atoms with Crippen LogP contribution in [0.25, 0.3) is 0 Å². The maximum atomic E-state index is 6.02. The van der Waals surface area contributed by atoms with Gasteiger partial charge in [0.15, 0.2) is 0 Å². The first-order valence-electron chi connectivity index (χ1n) is 7.73. The molecule has 3 aliphatic rings. The van der Waals surface area contributed by atoms with Gasteiger partial charge in [0.1, 0.15) is 11.5 Å². The van der Waals surface area contributed by atoms with Crippen LogP contribution in [0.2, 0.25) is 0 Å². The molecule has 4 rings (SSSR count). The molecule has 2 N–H and O–H groups in total. The van der Waals surface area contributed by atoms with Crippen molar-refractivity contribution >= 4 is 15.9 Å². The van der Waals surface area contributed by atoms with Gasteiger partial charge in [-0.25, -0.2) is 0 Å². The van der Waals surface area contributed by atoms with Crippen LogP contribution in [0.5, 0.6) is 11.5 Å². The lowest BCUT2D eigenvalue weighted by Gasteiger charge is -2.24. The van der Waals surface area contributed by atoms with Gasteiger partial charge in [0.05, 0.1) is 17.7 Å². The average molecular weight is 353 g/mol. The second kappa shape index (κ2) is 5.14. The molecule has 0 aliphatic carbocycles. The van der Waals surface area contributed by atoms with Gasteiger partial charge >= 0.3 is 0 Å². The van der Waals surface area contributed by atoms with Crippen LogP contribution in [-0.2, 0) is 12.8 Å². The zero-order valence-corrected chi connectivity index (χ0v) is 13.9. The van der Waals surface area contributed by atoms with Crippen LogP contribution < -0.4 is 15.2 Å². The lowest BCUT2D eigenvalue weighted by atomic mass is 9.91. The number of halogens is 1. The van der Waals surface area contributed by atoms with Crippen LogP contribution in [-0.4, -0.2) is 38.3 Å². The molecule has 21 heavy (non-hydrogen) atoms. The van der Waals surface area contributed by atoms with Gasteiger partial charge in [-0.2, -0.15) is 0 Å². The van der Waals surface area contributed by atoms with Gasteiger partial charge in [-0.3, -0.25) is 4.90 Å². The highest BCUT2D eigenvalue weighted by Gasteiger charge is 2.38. The third-order valence-corrected chi connectivity index (χ3v) is 5.92. The van der Waals surface area contributed by atoms with Crippen molar-refractivity contribution in [2.45, 2.75) is 25.3 Å². The average Bonchev–Trinajstić information content (AvgIpc) is 3.19. The van der Waals surface area contributed by atoms with E-state index in [1.165, 1.54) is 16.7 Å². The van der Waals surface area contributed by atoms with Crippen LogP contribution in [0, 0.1) is 5.92 Å². The van der Waals surface area contributed by atoms with Crippen molar-refractivity contribution in [1.82, 2.24) is 4.90 Å². The van der Waals surface area contributed by atoms with E-state index in [9.17, 15) is 0 Å². The quantitative estimate of drug-likeness (QED) is 0.886. The van der Waals surface area contributed by atoms with Crippen molar-refractivity contribution in [2.75, 3.05) is 33.4 Å². The number of hydrogen-bond donors (Lipinski definition) is 1. The van der Waals surface area contributed by atoms with E-state index < -0.39 is 0 Å². The zero-order valence-electron chi connectivity index (χ0n) is 12.3. The molecule has 0 spiro atoms. The summed E-state index contributed by atoms with van der Waals surface area (Å²) in [5.41, 5.74) is 9.90. The highest BCUT2D eigenvalue weighted by molar-refractivity contribution is 9.10. The molecule has 114 valence electrons. The van der Waals surface area contributed by atoms with Crippen molar-refractivity contribution in [3.8, 4) is 11.5 Å². The Morgan fingerprint density at radius 1 is 1.19 bits per heavy atom.